The molecule has 0 amide bonds. The van der Waals surface area contributed by atoms with Gasteiger partial charge in [-0.3, -0.25) is 4.57 Å². The van der Waals surface area contributed by atoms with Crippen LogP contribution in [0, 0.1) is 18.6 Å². The third-order valence-corrected chi connectivity index (χ3v) is 4.66. The molecule has 11 heteroatoms. The van der Waals surface area contributed by atoms with Crippen LogP contribution in [0.5, 0.6) is 0 Å². The second kappa shape index (κ2) is 7.59. The smallest absolute Gasteiger partial charge is 0.167 e. The van der Waals surface area contributed by atoms with Gasteiger partial charge in [-0.2, -0.15) is 0 Å². The molecular weight excluding hydrogens is 388 g/mol. The van der Waals surface area contributed by atoms with Crippen molar-refractivity contribution in [2.24, 2.45) is 0 Å². The summed E-state index contributed by atoms with van der Waals surface area (Å²) < 4.78 is 38.9. The van der Waals surface area contributed by atoms with Crippen LogP contribution in [0.15, 0.2) is 24.5 Å². The first-order valence-corrected chi connectivity index (χ1v) is 8.83. The molecule has 2 unspecified atom stereocenters. The van der Waals surface area contributed by atoms with Gasteiger partial charge in [0.25, 0.3) is 0 Å². The second-order valence-corrected chi connectivity index (χ2v) is 6.70. The maximum Gasteiger partial charge on any atom is 0.167 e. The highest BCUT2D eigenvalue weighted by atomic mass is 19.2. The number of aliphatic hydroxyl groups excluding tert-OH is 2. The molecule has 1 aliphatic rings. The molecular formula is C18H19F2N5O4. The highest BCUT2D eigenvalue weighted by Gasteiger charge is 2.44. The van der Waals surface area contributed by atoms with Gasteiger partial charge in [0, 0.05) is 18.9 Å². The summed E-state index contributed by atoms with van der Waals surface area (Å²) in [6.07, 6.45) is -2.59. The zero-order valence-corrected chi connectivity index (χ0v) is 15.6. The molecule has 4 atom stereocenters. The number of aromatic nitrogens is 4. The number of rotatable bonds is 5. The lowest BCUT2D eigenvalue weighted by atomic mass is 10.1. The van der Waals surface area contributed by atoms with Crippen molar-refractivity contribution in [3.63, 3.8) is 0 Å². The van der Waals surface area contributed by atoms with E-state index in [0.717, 1.165) is 12.1 Å². The Morgan fingerprint density at radius 2 is 2.00 bits per heavy atom. The van der Waals surface area contributed by atoms with Gasteiger partial charge < -0.3 is 25.0 Å². The van der Waals surface area contributed by atoms with Crippen LogP contribution < -0.4 is 5.32 Å². The number of benzene rings is 1. The lowest BCUT2D eigenvalue weighted by molar-refractivity contribution is -0.0580. The third-order valence-electron chi connectivity index (χ3n) is 4.66. The standard InChI is InChI=1S/C18H19F2N5O4/c1-8-22-16(24-9-3-4-10(19)11(20)5-9)13-17(23-8)25(7-21-13)18-15(27)14(26)12(29-18)6-28-2/h3-5,7,12,14-15,18,26-27H,6H2,1-2H3,(H,22,23,24)/t12-,14?,15?,18-/m1/s1. The molecule has 154 valence electrons. The van der Waals surface area contributed by atoms with E-state index in [9.17, 15) is 19.0 Å². The maximum atomic E-state index is 13.5. The van der Waals surface area contributed by atoms with E-state index in [0.29, 0.717) is 17.0 Å². The predicted octanol–water partition coefficient (Wildman–Crippen LogP) is 1.42. The zero-order chi connectivity index (χ0) is 20.7. The molecule has 3 N–H and O–H groups in total. The average Bonchev–Trinajstić information content (AvgIpc) is 3.21. The highest BCUT2D eigenvalue weighted by molar-refractivity contribution is 5.85. The summed E-state index contributed by atoms with van der Waals surface area (Å²) >= 11 is 0. The van der Waals surface area contributed by atoms with Crippen molar-refractivity contribution < 1.29 is 28.5 Å². The van der Waals surface area contributed by atoms with Crippen LogP contribution in [0.4, 0.5) is 20.3 Å². The van der Waals surface area contributed by atoms with Crippen molar-refractivity contribution in [1.82, 2.24) is 19.5 Å². The Morgan fingerprint density at radius 1 is 1.21 bits per heavy atom. The maximum absolute atomic E-state index is 13.5. The fourth-order valence-corrected chi connectivity index (χ4v) is 3.27. The number of anilines is 2. The van der Waals surface area contributed by atoms with Crippen molar-refractivity contribution in [2.75, 3.05) is 19.0 Å². The molecule has 1 saturated heterocycles. The number of aliphatic hydroxyl groups is 2. The molecule has 0 spiro atoms. The molecule has 9 nitrogen and oxygen atoms in total. The van der Waals surface area contributed by atoms with E-state index >= 15 is 0 Å². The quantitative estimate of drug-likeness (QED) is 0.582. The van der Waals surface area contributed by atoms with E-state index < -0.39 is 36.2 Å². The molecule has 1 aliphatic heterocycles. The van der Waals surface area contributed by atoms with Crippen LogP contribution in [0.3, 0.4) is 0 Å². The largest absolute Gasteiger partial charge is 0.387 e. The summed E-state index contributed by atoms with van der Waals surface area (Å²) in [4.78, 5) is 12.9. The Kier molecular flexibility index (Phi) is 5.13. The summed E-state index contributed by atoms with van der Waals surface area (Å²) in [6, 6.07) is 3.38. The third kappa shape index (κ3) is 3.53. The summed E-state index contributed by atoms with van der Waals surface area (Å²) in [5, 5.41) is 23.5. The number of halogens is 2. The number of hydrogen-bond donors (Lipinski definition) is 3. The van der Waals surface area contributed by atoms with Gasteiger partial charge >= 0.3 is 0 Å². The second-order valence-electron chi connectivity index (χ2n) is 6.70. The number of nitrogens with zero attached hydrogens (tertiary/aromatic N) is 4. The van der Waals surface area contributed by atoms with E-state index in [1.165, 1.54) is 24.1 Å². The van der Waals surface area contributed by atoms with Gasteiger partial charge in [0.1, 0.15) is 24.1 Å². The Bertz CT molecular complexity index is 1050. The molecule has 29 heavy (non-hydrogen) atoms. The number of hydrogen-bond acceptors (Lipinski definition) is 8. The SMILES string of the molecule is COC[C@H]1O[C@@H](n2cnc3c(Nc4ccc(F)c(F)c4)nc(C)nc32)C(O)C1O. The fourth-order valence-electron chi connectivity index (χ4n) is 3.27. The molecule has 0 bridgehead atoms. The summed E-state index contributed by atoms with van der Waals surface area (Å²) in [5.74, 6) is -1.30. The Balaban J connectivity index is 1.71. The van der Waals surface area contributed by atoms with Gasteiger partial charge in [-0.1, -0.05) is 0 Å². The molecule has 3 heterocycles. The highest BCUT2D eigenvalue weighted by Crippen LogP contribution is 2.33. The van der Waals surface area contributed by atoms with Crippen LogP contribution in [0.1, 0.15) is 12.1 Å². The van der Waals surface area contributed by atoms with Crippen molar-refractivity contribution in [3.8, 4) is 0 Å². The molecule has 3 aromatic rings. The predicted molar refractivity (Wildman–Crippen MR) is 97.5 cm³/mol. The zero-order valence-electron chi connectivity index (χ0n) is 15.6. The average molecular weight is 407 g/mol. The van der Waals surface area contributed by atoms with Crippen molar-refractivity contribution in [2.45, 2.75) is 31.5 Å². The Morgan fingerprint density at radius 3 is 2.72 bits per heavy atom. The van der Waals surface area contributed by atoms with Crippen LogP contribution in [-0.4, -0.2) is 61.8 Å². The van der Waals surface area contributed by atoms with Crippen molar-refractivity contribution in [1.29, 1.82) is 0 Å². The van der Waals surface area contributed by atoms with E-state index in [4.69, 9.17) is 9.47 Å². The van der Waals surface area contributed by atoms with Crippen LogP contribution >= 0.6 is 0 Å². The van der Waals surface area contributed by atoms with Gasteiger partial charge in [-0.05, 0) is 19.1 Å². The molecule has 1 aromatic carbocycles. The Hall–Kier alpha value is -2.73. The van der Waals surface area contributed by atoms with Gasteiger partial charge in [-0.25, -0.2) is 23.7 Å². The first kappa shape index (κ1) is 19.6. The van der Waals surface area contributed by atoms with E-state index in [1.807, 2.05) is 0 Å². The molecule has 0 radical (unpaired) electrons. The first-order valence-electron chi connectivity index (χ1n) is 8.83. The van der Waals surface area contributed by atoms with Gasteiger partial charge in [0.2, 0.25) is 0 Å². The van der Waals surface area contributed by atoms with E-state index in [-0.39, 0.29) is 18.1 Å². The molecule has 2 aromatic heterocycles. The van der Waals surface area contributed by atoms with Gasteiger partial charge in [0.15, 0.2) is 34.8 Å². The molecule has 0 aliphatic carbocycles. The van der Waals surface area contributed by atoms with Crippen LogP contribution in [0.25, 0.3) is 11.2 Å². The van der Waals surface area contributed by atoms with Crippen molar-refractivity contribution in [3.05, 3.63) is 42.0 Å². The van der Waals surface area contributed by atoms with Gasteiger partial charge in [0.05, 0.1) is 12.9 Å². The number of aryl methyl sites for hydroxylation is 1. The van der Waals surface area contributed by atoms with E-state index in [2.05, 4.69) is 20.3 Å². The lowest BCUT2D eigenvalue weighted by Crippen LogP contribution is -2.33. The van der Waals surface area contributed by atoms with E-state index in [1.54, 1.807) is 6.92 Å². The minimum Gasteiger partial charge on any atom is -0.387 e. The minimum atomic E-state index is -1.22. The Labute approximate surface area is 163 Å². The molecule has 4 rings (SSSR count). The minimum absolute atomic E-state index is 0.109. The molecule has 0 saturated carbocycles. The summed E-state index contributed by atoms with van der Waals surface area (Å²) in [5.41, 5.74) is 0.961. The van der Waals surface area contributed by atoms with Crippen molar-refractivity contribution >= 4 is 22.7 Å². The number of imidazole rings is 1. The lowest BCUT2D eigenvalue weighted by Gasteiger charge is -2.17. The molecule has 1 fully saturated rings. The monoisotopic (exact) mass is 407 g/mol. The number of methoxy groups -OCH3 is 1. The normalized spacial score (nSPS) is 24.3. The fraction of sp³-hybridized carbons (Fsp3) is 0.389. The summed E-state index contributed by atoms with van der Waals surface area (Å²) in [6.45, 7) is 1.76. The number of nitrogens with one attached hydrogen (secondary N) is 1. The summed E-state index contributed by atoms with van der Waals surface area (Å²) in [7, 11) is 1.47. The topological polar surface area (TPSA) is 115 Å². The van der Waals surface area contributed by atoms with Crippen LogP contribution in [0.2, 0.25) is 0 Å². The first-order chi connectivity index (χ1) is 13.9. The van der Waals surface area contributed by atoms with Crippen LogP contribution in [-0.2, 0) is 9.47 Å². The number of fused-ring (bicyclic) bond motifs is 1. The number of ether oxygens (including phenoxy) is 2. The van der Waals surface area contributed by atoms with Gasteiger partial charge in [-0.15, -0.1) is 0 Å².